The normalized spacial score (nSPS) is 11.3. The van der Waals surface area contributed by atoms with Gasteiger partial charge in [-0.15, -0.1) is 0 Å². The van der Waals surface area contributed by atoms with E-state index in [4.69, 9.17) is 0 Å². The van der Waals surface area contributed by atoms with Crippen molar-refractivity contribution in [3.63, 3.8) is 0 Å². The third kappa shape index (κ3) is 2.45. The van der Waals surface area contributed by atoms with E-state index in [1.807, 2.05) is 0 Å². The molecule has 0 atom stereocenters. The maximum atomic E-state index is 11.8. The van der Waals surface area contributed by atoms with E-state index in [-0.39, 0.29) is 16.4 Å². The average molecular weight is 218 g/mol. The van der Waals surface area contributed by atoms with Crippen LogP contribution in [0.5, 0.6) is 5.75 Å². The second-order valence-electron chi connectivity index (χ2n) is 2.63. The highest BCUT2D eigenvalue weighted by Crippen LogP contribution is 2.18. The molecule has 0 heterocycles. The molecule has 78 valence electrons. The van der Waals surface area contributed by atoms with E-state index < -0.39 is 16.7 Å². The van der Waals surface area contributed by atoms with Gasteiger partial charge in [0.15, 0.2) is 9.84 Å². The first-order valence-corrected chi connectivity index (χ1v) is 5.77. The highest BCUT2D eigenvalue weighted by molar-refractivity contribution is 7.91. The molecule has 0 amide bonds. The van der Waals surface area contributed by atoms with Crippen LogP contribution in [0.4, 0.5) is 4.39 Å². The van der Waals surface area contributed by atoms with E-state index in [1.54, 1.807) is 6.92 Å². The van der Waals surface area contributed by atoms with E-state index in [0.29, 0.717) is 0 Å². The van der Waals surface area contributed by atoms with Gasteiger partial charge in [0, 0.05) is 0 Å². The Morgan fingerprint density at radius 2 is 2.14 bits per heavy atom. The van der Waals surface area contributed by atoms with Crippen LogP contribution >= 0.6 is 0 Å². The zero-order valence-electron chi connectivity index (χ0n) is 7.73. The van der Waals surface area contributed by atoms with Crippen LogP contribution in [0.3, 0.4) is 0 Å². The van der Waals surface area contributed by atoms with Crippen LogP contribution in [-0.4, -0.2) is 21.0 Å². The van der Waals surface area contributed by atoms with Gasteiger partial charge in [0.2, 0.25) is 6.86 Å². The smallest absolute Gasteiger partial charge is 0.228 e. The molecular formula is C9H11FO3S. The molecule has 5 heteroatoms. The van der Waals surface area contributed by atoms with Crippen molar-refractivity contribution < 1.29 is 17.5 Å². The molecule has 1 aromatic rings. The van der Waals surface area contributed by atoms with Gasteiger partial charge in [0.05, 0.1) is 10.6 Å². The largest absolute Gasteiger partial charge is 0.463 e. The molecule has 1 aromatic carbocycles. The Hall–Kier alpha value is -1.10. The lowest BCUT2D eigenvalue weighted by atomic mass is 10.3. The lowest BCUT2D eigenvalue weighted by Crippen LogP contribution is -2.03. The van der Waals surface area contributed by atoms with Crippen molar-refractivity contribution in [2.75, 3.05) is 12.6 Å². The van der Waals surface area contributed by atoms with Crippen LogP contribution in [0.2, 0.25) is 0 Å². The van der Waals surface area contributed by atoms with Gasteiger partial charge in [0.1, 0.15) is 5.75 Å². The molecule has 3 nitrogen and oxygen atoms in total. The summed E-state index contributed by atoms with van der Waals surface area (Å²) in [5, 5.41) is 0. The SMILES string of the molecule is CCS(=O)(=O)c1cccc(OCF)c1. The van der Waals surface area contributed by atoms with E-state index in [9.17, 15) is 12.8 Å². The van der Waals surface area contributed by atoms with Crippen molar-refractivity contribution >= 4 is 9.84 Å². The Morgan fingerprint density at radius 1 is 1.43 bits per heavy atom. The predicted molar refractivity (Wildman–Crippen MR) is 50.8 cm³/mol. The minimum absolute atomic E-state index is 0.0199. The van der Waals surface area contributed by atoms with Gasteiger partial charge in [0.25, 0.3) is 0 Å². The van der Waals surface area contributed by atoms with Gasteiger partial charge >= 0.3 is 0 Å². The summed E-state index contributed by atoms with van der Waals surface area (Å²) in [6, 6.07) is 5.81. The predicted octanol–water partition coefficient (Wildman–Crippen LogP) is 1.79. The third-order valence-electron chi connectivity index (χ3n) is 1.77. The summed E-state index contributed by atoms with van der Waals surface area (Å²) in [5.41, 5.74) is 0. The fourth-order valence-corrected chi connectivity index (χ4v) is 1.90. The molecule has 0 unspecified atom stereocenters. The molecule has 0 saturated heterocycles. The van der Waals surface area contributed by atoms with E-state index in [1.165, 1.54) is 24.3 Å². The summed E-state index contributed by atoms with van der Waals surface area (Å²) in [5.74, 6) is 0.244. The molecule has 0 aliphatic heterocycles. The summed E-state index contributed by atoms with van der Waals surface area (Å²) in [4.78, 5) is 0.158. The molecule has 14 heavy (non-hydrogen) atoms. The molecule has 1 rings (SSSR count). The number of rotatable bonds is 4. The van der Waals surface area contributed by atoms with Crippen LogP contribution < -0.4 is 4.74 Å². The molecule has 0 spiro atoms. The summed E-state index contributed by atoms with van der Waals surface area (Å²) >= 11 is 0. The Bertz CT molecular complexity index is 400. The number of alkyl halides is 1. The van der Waals surface area contributed by atoms with Gasteiger partial charge in [-0.1, -0.05) is 13.0 Å². The van der Waals surface area contributed by atoms with Crippen molar-refractivity contribution in [1.29, 1.82) is 0 Å². The van der Waals surface area contributed by atoms with Crippen molar-refractivity contribution in [2.24, 2.45) is 0 Å². The molecular weight excluding hydrogens is 207 g/mol. The van der Waals surface area contributed by atoms with Crippen molar-refractivity contribution in [3.8, 4) is 5.75 Å². The molecule has 0 bridgehead atoms. The Balaban J connectivity index is 3.06. The first-order valence-electron chi connectivity index (χ1n) is 4.11. The molecule has 0 radical (unpaired) electrons. The van der Waals surface area contributed by atoms with Crippen LogP contribution in [0.15, 0.2) is 29.2 Å². The standard InChI is InChI=1S/C9H11FO3S/c1-2-14(11,12)9-5-3-4-8(6-9)13-7-10/h3-6H,2,7H2,1H3. The van der Waals surface area contributed by atoms with E-state index >= 15 is 0 Å². The minimum atomic E-state index is -3.24. The van der Waals surface area contributed by atoms with Crippen LogP contribution in [-0.2, 0) is 9.84 Å². The van der Waals surface area contributed by atoms with Gasteiger partial charge < -0.3 is 4.74 Å². The molecule has 0 aliphatic carbocycles. The molecule has 0 aliphatic rings. The lowest BCUT2D eigenvalue weighted by molar-refractivity contribution is 0.191. The van der Waals surface area contributed by atoms with E-state index in [0.717, 1.165) is 0 Å². The second kappa shape index (κ2) is 4.41. The van der Waals surface area contributed by atoms with Gasteiger partial charge in [-0.2, -0.15) is 0 Å². The fourth-order valence-electron chi connectivity index (χ4n) is 0.987. The topological polar surface area (TPSA) is 43.4 Å². The van der Waals surface area contributed by atoms with Crippen molar-refractivity contribution in [3.05, 3.63) is 24.3 Å². The third-order valence-corrected chi connectivity index (χ3v) is 3.50. The molecule has 0 saturated carbocycles. The van der Waals surface area contributed by atoms with Crippen LogP contribution in [0, 0.1) is 0 Å². The zero-order valence-corrected chi connectivity index (χ0v) is 8.55. The zero-order chi connectivity index (χ0) is 10.6. The second-order valence-corrected chi connectivity index (χ2v) is 4.91. The number of ether oxygens (including phenoxy) is 1. The Labute approximate surface area is 82.4 Å². The monoisotopic (exact) mass is 218 g/mol. The summed E-state index contributed by atoms with van der Waals surface area (Å²) in [6.07, 6.45) is 0. The highest BCUT2D eigenvalue weighted by atomic mass is 32.2. The number of benzene rings is 1. The lowest BCUT2D eigenvalue weighted by Gasteiger charge is -2.04. The van der Waals surface area contributed by atoms with Crippen molar-refractivity contribution in [2.45, 2.75) is 11.8 Å². The van der Waals surface area contributed by atoms with Gasteiger partial charge in [-0.05, 0) is 18.2 Å². The Morgan fingerprint density at radius 3 is 2.71 bits per heavy atom. The van der Waals surface area contributed by atoms with Crippen LogP contribution in [0.1, 0.15) is 6.92 Å². The number of hydrogen-bond acceptors (Lipinski definition) is 3. The Kier molecular flexibility index (Phi) is 3.46. The first-order chi connectivity index (χ1) is 6.60. The summed E-state index contributed by atoms with van der Waals surface area (Å²) in [7, 11) is -3.24. The number of hydrogen-bond donors (Lipinski definition) is 0. The van der Waals surface area contributed by atoms with Crippen LogP contribution in [0.25, 0.3) is 0 Å². The number of sulfone groups is 1. The van der Waals surface area contributed by atoms with Gasteiger partial charge in [-0.25, -0.2) is 12.8 Å². The fraction of sp³-hybridized carbons (Fsp3) is 0.333. The number of halogens is 1. The van der Waals surface area contributed by atoms with Gasteiger partial charge in [-0.3, -0.25) is 0 Å². The highest BCUT2D eigenvalue weighted by Gasteiger charge is 2.11. The first kappa shape index (κ1) is 11.0. The molecule has 0 aromatic heterocycles. The summed E-state index contributed by atoms with van der Waals surface area (Å²) < 4.78 is 39.2. The molecule has 0 fully saturated rings. The maximum Gasteiger partial charge on any atom is 0.228 e. The molecule has 0 N–H and O–H groups in total. The maximum absolute atomic E-state index is 11.8. The summed E-state index contributed by atoms with van der Waals surface area (Å²) in [6.45, 7) is 0.591. The minimum Gasteiger partial charge on any atom is -0.463 e. The average Bonchev–Trinajstić information content (AvgIpc) is 2.19. The van der Waals surface area contributed by atoms with Crippen molar-refractivity contribution in [1.82, 2.24) is 0 Å². The quantitative estimate of drug-likeness (QED) is 0.773. The van der Waals surface area contributed by atoms with E-state index in [2.05, 4.69) is 4.74 Å².